The zero-order chi connectivity index (χ0) is 31.4. The van der Waals surface area contributed by atoms with Crippen LogP contribution in [0.4, 0.5) is 5.82 Å². The molecule has 0 unspecified atom stereocenters. The summed E-state index contributed by atoms with van der Waals surface area (Å²) in [7, 11) is 5.24. The maximum Gasteiger partial charge on any atom is 0.351 e. The van der Waals surface area contributed by atoms with Crippen LogP contribution in [0.2, 0.25) is 0 Å². The summed E-state index contributed by atoms with van der Waals surface area (Å²) in [5.41, 5.74) is 1.10. The molecule has 1 N–H and O–H groups in total. The van der Waals surface area contributed by atoms with Crippen LogP contribution in [0.1, 0.15) is 42.2 Å². The van der Waals surface area contributed by atoms with Gasteiger partial charge in [-0.2, -0.15) is 4.98 Å². The maximum atomic E-state index is 13.0. The van der Waals surface area contributed by atoms with E-state index in [0.29, 0.717) is 5.82 Å². The number of ether oxygens (including phenoxy) is 4. The maximum absolute atomic E-state index is 13.0. The van der Waals surface area contributed by atoms with Gasteiger partial charge in [-0.1, -0.05) is 54.6 Å². The molecule has 2 aliphatic heterocycles. The Balaban J connectivity index is 1.30. The third kappa shape index (κ3) is 6.22. The number of rotatable bonds is 10. The number of methoxy groups -OCH3 is 2. The number of aromatic nitrogens is 2. The Morgan fingerprint density at radius 1 is 0.933 bits per heavy atom. The van der Waals surface area contributed by atoms with Crippen molar-refractivity contribution in [2.45, 2.75) is 43.3 Å². The summed E-state index contributed by atoms with van der Waals surface area (Å²) >= 11 is 0. The standard InChI is InChI=1S/C35H38N4O6/c1-38-20-7-10-32(38)36-31-19-21-39(34(41)37-31)33-22-29(40)30(45-33)23-44-35(24-8-5-4-6-9-24,25-11-15-27(42-2)16-12-25)26-13-17-28(43-3)18-14-26/h4-6,8-9,11-19,21,29-30,33,40H,7,10,20,22-23H2,1-3H3/t29-,30+,33+/m0/s1. The van der Waals surface area contributed by atoms with Gasteiger partial charge in [0.2, 0.25) is 0 Å². The fourth-order valence-corrected chi connectivity index (χ4v) is 6.07. The Kier molecular flexibility index (Phi) is 8.97. The number of hydrogen-bond acceptors (Lipinski definition) is 8. The van der Waals surface area contributed by atoms with E-state index in [-0.39, 0.29) is 13.0 Å². The van der Waals surface area contributed by atoms with E-state index in [1.165, 1.54) is 4.57 Å². The molecule has 3 heterocycles. The molecule has 0 radical (unpaired) electrons. The fourth-order valence-electron chi connectivity index (χ4n) is 6.07. The second-order valence-electron chi connectivity index (χ2n) is 11.3. The number of aliphatic hydroxyl groups excluding tert-OH is 1. The molecule has 10 heteroatoms. The highest BCUT2D eigenvalue weighted by Gasteiger charge is 2.42. The van der Waals surface area contributed by atoms with E-state index in [0.717, 1.165) is 53.4 Å². The lowest BCUT2D eigenvalue weighted by atomic mass is 9.80. The smallest absolute Gasteiger partial charge is 0.351 e. The van der Waals surface area contributed by atoms with Crippen molar-refractivity contribution >= 4 is 11.7 Å². The van der Waals surface area contributed by atoms with E-state index in [1.54, 1.807) is 26.5 Å². The van der Waals surface area contributed by atoms with Crippen molar-refractivity contribution in [2.75, 3.05) is 34.4 Å². The Hall–Kier alpha value is -4.51. The van der Waals surface area contributed by atoms with E-state index >= 15 is 0 Å². The van der Waals surface area contributed by atoms with Crippen LogP contribution in [0.3, 0.4) is 0 Å². The van der Waals surface area contributed by atoms with Crippen LogP contribution in [0, 0.1) is 0 Å². The molecule has 2 fully saturated rings. The van der Waals surface area contributed by atoms with Crippen LogP contribution in [0.5, 0.6) is 11.5 Å². The Morgan fingerprint density at radius 3 is 2.11 bits per heavy atom. The van der Waals surface area contributed by atoms with Gasteiger partial charge in [0, 0.05) is 32.6 Å². The summed E-state index contributed by atoms with van der Waals surface area (Å²) in [6.45, 7) is 0.987. The predicted molar refractivity (Wildman–Crippen MR) is 170 cm³/mol. The van der Waals surface area contributed by atoms with E-state index in [4.69, 9.17) is 18.9 Å². The molecule has 2 aliphatic rings. The zero-order valence-electron chi connectivity index (χ0n) is 25.7. The highest BCUT2D eigenvalue weighted by molar-refractivity contribution is 5.85. The average Bonchev–Trinajstić information content (AvgIpc) is 3.66. The predicted octanol–water partition coefficient (Wildman–Crippen LogP) is 4.67. The summed E-state index contributed by atoms with van der Waals surface area (Å²) in [5, 5.41) is 11.1. The summed E-state index contributed by atoms with van der Waals surface area (Å²) in [6, 6.07) is 27.1. The minimum absolute atomic E-state index is 0.0465. The molecular formula is C35H38N4O6. The van der Waals surface area contributed by atoms with Gasteiger partial charge in [-0.3, -0.25) is 4.57 Å². The first-order valence-corrected chi connectivity index (χ1v) is 15.1. The van der Waals surface area contributed by atoms with Gasteiger partial charge < -0.3 is 29.0 Å². The van der Waals surface area contributed by atoms with Crippen molar-refractivity contribution in [1.29, 1.82) is 0 Å². The van der Waals surface area contributed by atoms with Gasteiger partial charge in [0.25, 0.3) is 0 Å². The minimum atomic E-state index is -1.06. The lowest BCUT2D eigenvalue weighted by molar-refractivity contribution is -0.0944. The lowest BCUT2D eigenvalue weighted by Crippen LogP contribution is -2.38. The molecule has 2 saturated heterocycles. The molecule has 6 rings (SSSR count). The third-order valence-electron chi connectivity index (χ3n) is 8.55. The Morgan fingerprint density at radius 2 is 1.56 bits per heavy atom. The van der Waals surface area contributed by atoms with Gasteiger partial charge in [0.05, 0.1) is 26.9 Å². The minimum Gasteiger partial charge on any atom is -0.497 e. The van der Waals surface area contributed by atoms with Gasteiger partial charge >= 0.3 is 5.69 Å². The van der Waals surface area contributed by atoms with Gasteiger partial charge in [0.1, 0.15) is 35.3 Å². The summed E-state index contributed by atoms with van der Waals surface area (Å²) in [6.07, 6.45) is 1.48. The fraction of sp³-hybridized carbons (Fsp3) is 0.343. The average molecular weight is 611 g/mol. The van der Waals surface area contributed by atoms with E-state index in [2.05, 4.69) is 14.9 Å². The normalized spacial score (nSPS) is 20.9. The number of amidine groups is 1. The molecule has 45 heavy (non-hydrogen) atoms. The van der Waals surface area contributed by atoms with Crippen LogP contribution in [0.15, 0.2) is 101 Å². The Bertz CT molecular complexity index is 1630. The van der Waals surface area contributed by atoms with E-state index < -0.39 is 29.7 Å². The molecule has 3 atom stereocenters. The van der Waals surface area contributed by atoms with Gasteiger partial charge in [-0.15, -0.1) is 0 Å². The second-order valence-corrected chi connectivity index (χ2v) is 11.3. The SMILES string of the molecule is COc1ccc(C(OC[C@H]2O[C@@H](n3ccc(N=C4CCCN4C)nc3=O)C[C@@H]2O)(c2ccccc2)c2ccc(OC)cc2)cc1. The first-order valence-electron chi connectivity index (χ1n) is 15.1. The van der Waals surface area contributed by atoms with Crippen molar-refractivity contribution in [2.24, 2.45) is 4.99 Å². The largest absolute Gasteiger partial charge is 0.497 e. The third-order valence-corrected chi connectivity index (χ3v) is 8.55. The molecule has 4 aromatic rings. The summed E-state index contributed by atoms with van der Waals surface area (Å²) in [5.74, 6) is 2.73. The van der Waals surface area contributed by atoms with E-state index in [1.807, 2.05) is 85.9 Å². The molecule has 0 saturated carbocycles. The number of aliphatic imine (C=N–C) groups is 1. The molecule has 234 valence electrons. The highest BCUT2D eigenvalue weighted by atomic mass is 16.6. The number of aliphatic hydroxyl groups is 1. The summed E-state index contributed by atoms with van der Waals surface area (Å²) < 4.78 is 25.5. The highest BCUT2D eigenvalue weighted by Crippen LogP contribution is 2.42. The van der Waals surface area contributed by atoms with Gasteiger partial charge in [0.15, 0.2) is 5.82 Å². The molecule has 1 aromatic heterocycles. The summed E-state index contributed by atoms with van der Waals surface area (Å²) in [4.78, 5) is 23.8. The molecule has 0 aliphatic carbocycles. The van der Waals surface area contributed by atoms with E-state index in [9.17, 15) is 9.90 Å². The molecule has 0 spiro atoms. The van der Waals surface area contributed by atoms with Crippen LogP contribution in [0.25, 0.3) is 0 Å². The first kappa shape index (κ1) is 30.5. The molecule has 0 bridgehead atoms. The number of nitrogens with zero attached hydrogens (tertiary/aromatic N) is 4. The molecule has 3 aromatic carbocycles. The van der Waals surface area contributed by atoms with Crippen molar-refractivity contribution in [3.05, 3.63) is 118 Å². The first-order chi connectivity index (χ1) is 21.9. The number of benzene rings is 3. The van der Waals surface area contributed by atoms with Crippen LogP contribution in [-0.2, 0) is 15.1 Å². The zero-order valence-corrected chi connectivity index (χ0v) is 25.7. The van der Waals surface area contributed by atoms with Crippen LogP contribution < -0.4 is 15.2 Å². The quantitative estimate of drug-likeness (QED) is 0.258. The molecular weight excluding hydrogens is 572 g/mol. The topological polar surface area (TPSA) is 108 Å². The number of hydrogen-bond donors (Lipinski definition) is 1. The Labute approximate surface area is 262 Å². The van der Waals surface area contributed by atoms with Gasteiger partial charge in [-0.05, 0) is 53.4 Å². The van der Waals surface area contributed by atoms with Crippen LogP contribution in [-0.4, -0.2) is 72.0 Å². The van der Waals surface area contributed by atoms with Crippen molar-refractivity contribution in [3.63, 3.8) is 0 Å². The van der Waals surface area contributed by atoms with Crippen LogP contribution >= 0.6 is 0 Å². The molecule has 0 amide bonds. The number of likely N-dealkylation sites (tertiary alicyclic amines) is 1. The monoisotopic (exact) mass is 610 g/mol. The lowest BCUT2D eigenvalue weighted by Gasteiger charge is -2.37. The van der Waals surface area contributed by atoms with Crippen molar-refractivity contribution < 1.29 is 24.1 Å². The van der Waals surface area contributed by atoms with Crippen molar-refractivity contribution in [3.8, 4) is 11.5 Å². The molecule has 10 nitrogen and oxygen atoms in total. The van der Waals surface area contributed by atoms with Crippen molar-refractivity contribution in [1.82, 2.24) is 14.5 Å². The second kappa shape index (κ2) is 13.2. The van der Waals surface area contributed by atoms with Gasteiger partial charge in [-0.25, -0.2) is 9.79 Å².